The molecule has 0 saturated heterocycles. The Balaban J connectivity index is 1.75. The average molecular weight is 622 g/mol. The van der Waals surface area contributed by atoms with Crippen LogP contribution >= 0.6 is 0 Å². The quantitative estimate of drug-likeness (QED) is 0.155. The van der Waals surface area contributed by atoms with Crippen molar-refractivity contribution >= 4 is 16.7 Å². The number of pyridine rings is 1. The molecule has 238 valence electrons. The summed E-state index contributed by atoms with van der Waals surface area (Å²) in [6, 6.07) is 7.68. The second-order valence-corrected chi connectivity index (χ2v) is 12.6. The van der Waals surface area contributed by atoms with Crippen molar-refractivity contribution in [3.8, 4) is 5.69 Å². The molecule has 1 saturated carbocycles. The first-order chi connectivity index (χ1) is 21.2. The molecule has 45 heavy (non-hydrogen) atoms. The lowest BCUT2D eigenvalue weighted by Gasteiger charge is -2.28. The van der Waals surface area contributed by atoms with Gasteiger partial charge in [0, 0.05) is 41.8 Å². The van der Waals surface area contributed by atoms with Crippen LogP contribution in [0.3, 0.4) is 0 Å². The van der Waals surface area contributed by atoms with Gasteiger partial charge in [0.05, 0.1) is 17.1 Å². The largest absolute Gasteiger partial charge is 0.321 e. The van der Waals surface area contributed by atoms with E-state index in [9.17, 15) is 22.4 Å². The molecule has 4 aromatic rings. The van der Waals surface area contributed by atoms with Crippen LogP contribution < -0.4 is 11.3 Å². The van der Waals surface area contributed by atoms with E-state index in [1.807, 2.05) is 39.8 Å². The Morgan fingerprint density at radius 2 is 1.71 bits per heavy atom. The number of aryl methyl sites for hydroxylation is 2. The van der Waals surface area contributed by atoms with Gasteiger partial charge in [-0.05, 0) is 92.0 Å². The van der Waals surface area contributed by atoms with Crippen LogP contribution in [0.4, 0.5) is 17.6 Å². The van der Waals surface area contributed by atoms with E-state index in [0.29, 0.717) is 40.2 Å². The van der Waals surface area contributed by atoms with Crippen molar-refractivity contribution in [3.05, 3.63) is 97.7 Å². The van der Waals surface area contributed by atoms with Crippen molar-refractivity contribution in [1.82, 2.24) is 14.5 Å². The summed E-state index contributed by atoms with van der Waals surface area (Å²) in [6.45, 7) is 9.53. The van der Waals surface area contributed by atoms with Crippen LogP contribution in [0, 0.1) is 36.8 Å². The van der Waals surface area contributed by atoms with Crippen LogP contribution in [-0.4, -0.2) is 26.2 Å². The van der Waals surface area contributed by atoms with Gasteiger partial charge in [-0.1, -0.05) is 26.8 Å². The molecule has 1 unspecified atom stereocenters. The summed E-state index contributed by atoms with van der Waals surface area (Å²) >= 11 is 0. The first-order valence-electron chi connectivity index (χ1n) is 15.4. The molecule has 1 aliphatic carbocycles. The SMILES string of the molecule is CCc1ccc(-n2c(C(N)Cc3cc(F)cc(F)c3)nc3nc(C4CCC(F)(F)CC4)cc(C)c3c2=O)c(C)c1C(=N)C(C)C. The third-order valence-corrected chi connectivity index (χ3v) is 8.92. The Kier molecular flexibility index (Phi) is 8.99. The Morgan fingerprint density at radius 3 is 2.31 bits per heavy atom. The molecule has 1 aliphatic rings. The Hall–Kier alpha value is -3.92. The lowest BCUT2D eigenvalue weighted by Crippen LogP contribution is -2.31. The van der Waals surface area contributed by atoms with E-state index >= 15 is 0 Å². The number of fused-ring (bicyclic) bond motifs is 1. The third kappa shape index (κ3) is 6.43. The molecular formula is C35H39F4N5O. The first kappa shape index (κ1) is 32.5. The average Bonchev–Trinajstić information content (AvgIpc) is 2.95. The lowest BCUT2D eigenvalue weighted by molar-refractivity contribution is -0.0384. The molecule has 5 rings (SSSR count). The Morgan fingerprint density at radius 1 is 1.07 bits per heavy atom. The van der Waals surface area contributed by atoms with Gasteiger partial charge in [-0.15, -0.1) is 0 Å². The molecule has 1 fully saturated rings. The summed E-state index contributed by atoms with van der Waals surface area (Å²) in [5.74, 6) is -4.30. The van der Waals surface area contributed by atoms with Gasteiger partial charge in [0.1, 0.15) is 17.5 Å². The number of aromatic nitrogens is 3. The predicted molar refractivity (Wildman–Crippen MR) is 169 cm³/mol. The van der Waals surface area contributed by atoms with E-state index in [4.69, 9.17) is 21.1 Å². The minimum absolute atomic E-state index is 0.0240. The molecule has 2 aromatic carbocycles. The highest BCUT2D eigenvalue weighted by atomic mass is 19.3. The van der Waals surface area contributed by atoms with Crippen LogP contribution in [0.5, 0.6) is 0 Å². The van der Waals surface area contributed by atoms with Gasteiger partial charge in [-0.2, -0.15) is 0 Å². The molecule has 10 heteroatoms. The van der Waals surface area contributed by atoms with Gasteiger partial charge in [0.15, 0.2) is 5.65 Å². The fourth-order valence-corrected chi connectivity index (χ4v) is 6.46. The summed E-state index contributed by atoms with van der Waals surface area (Å²) in [7, 11) is 0. The number of nitrogens with one attached hydrogen (secondary N) is 1. The zero-order chi connectivity index (χ0) is 32.8. The number of nitrogens with two attached hydrogens (primary N) is 1. The Labute approximate surface area is 260 Å². The number of halogens is 4. The lowest BCUT2D eigenvalue weighted by atomic mass is 9.84. The van der Waals surface area contributed by atoms with Crippen LogP contribution in [0.2, 0.25) is 0 Å². The highest BCUT2D eigenvalue weighted by Gasteiger charge is 2.36. The Bertz CT molecular complexity index is 1820. The van der Waals surface area contributed by atoms with Gasteiger partial charge >= 0.3 is 0 Å². The molecule has 0 spiro atoms. The molecule has 1 atom stereocenters. The second kappa shape index (κ2) is 12.5. The minimum Gasteiger partial charge on any atom is -0.321 e. The number of hydrogen-bond acceptors (Lipinski definition) is 5. The maximum atomic E-state index is 14.5. The number of alkyl halides is 2. The van der Waals surface area contributed by atoms with Gasteiger partial charge in [0.25, 0.3) is 5.56 Å². The highest BCUT2D eigenvalue weighted by molar-refractivity contribution is 6.02. The summed E-state index contributed by atoms with van der Waals surface area (Å²) in [4.78, 5) is 24.0. The van der Waals surface area contributed by atoms with Gasteiger partial charge in [0.2, 0.25) is 5.92 Å². The zero-order valence-electron chi connectivity index (χ0n) is 26.3. The van der Waals surface area contributed by atoms with Crippen molar-refractivity contribution in [2.45, 2.75) is 91.0 Å². The number of rotatable bonds is 8. The fourth-order valence-electron chi connectivity index (χ4n) is 6.46. The number of benzene rings is 2. The zero-order valence-corrected chi connectivity index (χ0v) is 26.3. The standard InChI is InChI=1S/C35H39F4N5O/c1-6-22-7-8-28(20(5)30(22)31(41)18(2)3)44-33(26(40)16-21-14-24(36)17-25(37)15-21)43-32-29(34(44)45)19(4)13-27(42-32)23-9-11-35(38,39)12-10-23/h7-8,13-15,17-18,23,26,41H,6,9-12,16,40H2,1-5H3. The molecule has 0 bridgehead atoms. The smallest absolute Gasteiger partial charge is 0.267 e. The van der Waals surface area contributed by atoms with E-state index in [0.717, 1.165) is 17.2 Å². The van der Waals surface area contributed by atoms with Gasteiger partial charge in [-0.25, -0.2) is 27.5 Å². The molecule has 2 heterocycles. The monoisotopic (exact) mass is 621 g/mol. The number of nitrogens with zero attached hydrogens (tertiary/aromatic N) is 3. The van der Waals surface area contributed by atoms with Crippen molar-refractivity contribution in [1.29, 1.82) is 5.41 Å². The molecule has 0 radical (unpaired) electrons. The van der Waals surface area contributed by atoms with Gasteiger partial charge in [-0.3, -0.25) is 9.36 Å². The minimum atomic E-state index is -2.69. The third-order valence-electron chi connectivity index (χ3n) is 8.92. The first-order valence-corrected chi connectivity index (χ1v) is 15.4. The molecule has 0 amide bonds. The normalized spacial score (nSPS) is 16.0. The van der Waals surface area contributed by atoms with E-state index in [1.54, 1.807) is 13.0 Å². The molecule has 2 aromatic heterocycles. The summed E-state index contributed by atoms with van der Waals surface area (Å²) < 4.78 is 57.4. The molecular weight excluding hydrogens is 582 g/mol. The van der Waals surface area contributed by atoms with Crippen LogP contribution in [-0.2, 0) is 12.8 Å². The summed E-state index contributed by atoms with van der Waals surface area (Å²) in [6.07, 6.45) is 0.746. The van der Waals surface area contributed by atoms with E-state index in [2.05, 4.69) is 0 Å². The topological polar surface area (TPSA) is 97.7 Å². The fraction of sp³-hybridized carbons (Fsp3) is 0.429. The van der Waals surface area contributed by atoms with Crippen molar-refractivity contribution in [3.63, 3.8) is 0 Å². The van der Waals surface area contributed by atoms with Crippen LogP contribution in [0.25, 0.3) is 16.7 Å². The van der Waals surface area contributed by atoms with Crippen LogP contribution in [0.1, 0.15) is 97.7 Å². The van der Waals surface area contributed by atoms with Crippen molar-refractivity contribution in [2.24, 2.45) is 11.7 Å². The highest BCUT2D eigenvalue weighted by Crippen LogP contribution is 2.41. The van der Waals surface area contributed by atoms with E-state index in [-0.39, 0.29) is 60.8 Å². The summed E-state index contributed by atoms with van der Waals surface area (Å²) in [5, 5.41) is 9.13. The molecule has 0 aliphatic heterocycles. The molecule has 6 nitrogen and oxygen atoms in total. The van der Waals surface area contributed by atoms with Gasteiger partial charge < -0.3 is 11.1 Å². The number of hydrogen-bond donors (Lipinski definition) is 2. The molecule has 3 N–H and O–H groups in total. The summed E-state index contributed by atoms with van der Waals surface area (Å²) in [5.41, 5.74) is 11.3. The van der Waals surface area contributed by atoms with E-state index in [1.165, 1.54) is 16.7 Å². The van der Waals surface area contributed by atoms with Crippen molar-refractivity contribution < 1.29 is 17.6 Å². The predicted octanol–water partition coefficient (Wildman–Crippen LogP) is 7.80. The maximum Gasteiger partial charge on any atom is 0.267 e. The van der Waals surface area contributed by atoms with E-state index < -0.39 is 29.2 Å². The second-order valence-electron chi connectivity index (χ2n) is 12.6. The van der Waals surface area contributed by atoms with Crippen molar-refractivity contribution in [2.75, 3.05) is 0 Å². The van der Waals surface area contributed by atoms with Crippen LogP contribution in [0.15, 0.2) is 41.2 Å². The maximum absolute atomic E-state index is 14.5.